The molecule has 0 aliphatic carbocycles. The zero-order valence-electron chi connectivity index (χ0n) is 14.6. The molecular weight excluding hydrogens is 336 g/mol. The van der Waals surface area contributed by atoms with Crippen molar-refractivity contribution in [1.82, 2.24) is 10.2 Å². The summed E-state index contributed by atoms with van der Waals surface area (Å²) in [6, 6.07) is 10.3. The standard InChI is InChI=1S/C18H24N4O2S/c1-3-15-6-8-16(9-7-15)25(23,24)21-17-10-11-18(20-19-17)22-12-4-5-14(2)13-22/h6-11,14H,3-5,12-13H2,1-2H3,(H,19,21). The summed E-state index contributed by atoms with van der Waals surface area (Å²) < 4.78 is 27.4. The van der Waals surface area contributed by atoms with Crippen molar-refractivity contribution >= 4 is 21.7 Å². The van der Waals surface area contributed by atoms with Crippen LogP contribution in [0.2, 0.25) is 0 Å². The Balaban J connectivity index is 1.71. The maximum absolute atomic E-state index is 12.4. The van der Waals surface area contributed by atoms with Gasteiger partial charge in [0.25, 0.3) is 10.0 Å². The van der Waals surface area contributed by atoms with E-state index in [1.807, 2.05) is 25.1 Å². The molecule has 6 nitrogen and oxygen atoms in total. The van der Waals surface area contributed by atoms with Crippen LogP contribution in [0.5, 0.6) is 0 Å². The Kier molecular flexibility index (Phi) is 5.22. The smallest absolute Gasteiger partial charge is 0.263 e. The fourth-order valence-corrected chi connectivity index (χ4v) is 4.04. The van der Waals surface area contributed by atoms with Crippen LogP contribution in [0, 0.1) is 5.92 Å². The fourth-order valence-electron chi connectivity index (χ4n) is 3.05. The highest BCUT2D eigenvalue weighted by Crippen LogP contribution is 2.22. The molecule has 2 aromatic rings. The van der Waals surface area contributed by atoms with Gasteiger partial charge in [0.05, 0.1) is 4.90 Å². The molecule has 1 N–H and O–H groups in total. The van der Waals surface area contributed by atoms with Gasteiger partial charge >= 0.3 is 0 Å². The van der Waals surface area contributed by atoms with Gasteiger partial charge in [-0.05, 0) is 55.0 Å². The van der Waals surface area contributed by atoms with Gasteiger partial charge < -0.3 is 4.90 Å². The van der Waals surface area contributed by atoms with Gasteiger partial charge in [0.2, 0.25) is 0 Å². The van der Waals surface area contributed by atoms with Crippen LogP contribution in [0.15, 0.2) is 41.3 Å². The van der Waals surface area contributed by atoms with Crippen LogP contribution in [0.1, 0.15) is 32.3 Å². The van der Waals surface area contributed by atoms with Crippen LogP contribution in [0.4, 0.5) is 11.6 Å². The van der Waals surface area contributed by atoms with E-state index < -0.39 is 10.0 Å². The summed E-state index contributed by atoms with van der Waals surface area (Å²) >= 11 is 0. The Morgan fingerprint density at radius 1 is 1.16 bits per heavy atom. The molecule has 1 aliphatic rings. The molecule has 0 radical (unpaired) electrons. The molecule has 0 spiro atoms. The van der Waals surface area contributed by atoms with Gasteiger partial charge in [0.15, 0.2) is 11.6 Å². The van der Waals surface area contributed by atoms with E-state index in [4.69, 9.17) is 0 Å². The first-order chi connectivity index (χ1) is 12.0. The van der Waals surface area contributed by atoms with Gasteiger partial charge in [-0.25, -0.2) is 8.42 Å². The predicted octanol–water partition coefficient (Wildman–Crippen LogP) is 3.08. The largest absolute Gasteiger partial charge is 0.355 e. The molecule has 25 heavy (non-hydrogen) atoms. The highest BCUT2D eigenvalue weighted by atomic mass is 32.2. The zero-order chi connectivity index (χ0) is 17.9. The summed E-state index contributed by atoms with van der Waals surface area (Å²) in [5, 5.41) is 8.23. The lowest BCUT2D eigenvalue weighted by Gasteiger charge is -2.31. The average molecular weight is 360 g/mol. The second kappa shape index (κ2) is 7.39. The van der Waals surface area contributed by atoms with Crippen molar-refractivity contribution in [1.29, 1.82) is 0 Å². The average Bonchev–Trinajstić information content (AvgIpc) is 2.62. The van der Waals surface area contributed by atoms with Crippen molar-refractivity contribution in [3.8, 4) is 0 Å². The van der Waals surface area contributed by atoms with Gasteiger partial charge in [0, 0.05) is 13.1 Å². The summed E-state index contributed by atoms with van der Waals surface area (Å²) in [5.41, 5.74) is 1.10. The third-order valence-corrected chi connectivity index (χ3v) is 5.88. The summed E-state index contributed by atoms with van der Waals surface area (Å²) in [6.45, 7) is 6.19. The second-order valence-electron chi connectivity index (χ2n) is 6.57. The Labute approximate surface area is 149 Å². The minimum atomic E-state index is -3.65. The number of sulfonamides is 1. The van der Waals surface area contributed by atoms with E-state index >= 15 is 0 Å². The third-order valence-electron chi connectivity index (χ3n) is 4.51. The number of aryl methyl sites for hydroxylation is 1. The molecule has 7 heteroatoms. The minimum absolute atomic E-state index is 0.223. The predicted molar refractivity (Wildman–Crippen MR) is 99.3 cm³/mol. The number of rotatable bonds is 5. The van der Waals surface area contributed by atoms with E-state index in [0.717, 1.165) is 37.3 Å². The normalized spacial score (nSPS) is 18.2. The van der Waals surface area contributed by atoms with Crippen molar-refractivity contribution in [2.24, 2.45) is 5.92 Å². The van der Waals surface area contributed by atoms with Crippen molar-refractivity contribution < 1.29 is 8.42 Å². The molecule has 1 aliphatic heterocycles. The molecule has 3 rings (SSSR count). The molecule has 1 unspecified atom stereocenters. The number of nitrogens with zero attached hydrogens (tertiary/aromatic N) is 3. The first-order valence-electron chi connectivity index (χ1n) is 8.68. The highest BCUT2D eigenvalue weighted by Gasteiger charge is 2.19. The Morgan fingerprint density at radius 2 is 1.92 bits per heavy atom. The summed E-state index contributed by atoms with van der Waals surface area (Å²) in [7, 11) is -3.65. The quantitative estimate of drug-likeness (QED) is 0.887. The van der Waals surface area contributed by atoms with Crippen LogP contribution in [0.3, 0.4) is 0 Å². The van der Waals surface area contributed by atoms with Gasteiger partial charge in [0.1, 0.15) is 0 Å². The molecule has 0 bridgehead atoms. The Hall–Kier alpha value is -2.15. The maximum atomic E-state index is 12.4. The first kappa shape index (κ1) is 17.7. The maximum Gasteiger partial charge on any atom is 0.263 e. The summed E-state index contributed by atoms with van der Waals surface area (Å²) in [6.07, 6.45) is 3.25. The molecule has 1 atom stereocenters. The topological polar surface area (TPSA) is 75.2 Å². The van der Waals surface area contributed by atoms with Crippen molar-refractivity contribution in [2.75, 3.05) is 22.7 Å². The van der Waals surface area contributed by atoms with Crippen LogP contribution >= 0.6 is 0 Å². The van der Waals surface area contributed by atoms with Crippen molar-refractivity contribution in [3.05, 3.63) is 42.0 Å². The lowest BCUT2D eigenvalue weighted by atomic mass is 10.0. The van der Waals surface area contributed by atoms with Crippen LogP contribution in [0.25, 0.3) is 0 Å². The lowest BCUT2D eigenvalue weighted by molar-refractivity contribution is 0.444. The number of aromatic nitrogens is 2. The van der Waals surface area contributed by atoms with E-state index in [0.29, 0.717) is 5.92 Å². The first-order valence-corrected chi connectivity index (χ1v) is 10.2. The van der Waals surface area contributed by atoms with Crippen molar-refractivity contribution in [3.63, 3.8) is 0 Å². The lowest BCUT2D eigenvalue weighted by Crippen LogP contribution is -2.34. The zero-order valence-corrected chi connectivity index (χ0v) is 15.5. The Morgan fingerprint density at radius 3 is 2.52 bits per heavy atom. The molecule has 2 heterocycles. The van der Waals surface area contributed by atoms with Gasteiger partial charge in [-0.1, -0.05) is 26.0 Å². The number of piperidine rings is 1. The summed E-state index contributed by atoms with van der Waals surface area (Å²) in [4.78, 5) is 2.42. The number of anilines is 2. The molecule has 1 fully saturated rings. The molecular formula is C18H24N4O2S. The second-order valence-corrected chi connectivity index (χ2v) is 8.26. The van der Waals surface area contributed by atoms with E-state index in [9.17, 15) is 8.42 Å². The SMILES string of the molecule is CCc1ccc(S(=O)(=O)Nc2ccc(N3CCCC(C)C3)nn2)cc1. The van der Waals surface area contributed by atoms with Crippen LogP contribution < -0.4 is 9.62 Å². The molecule has 134 valence electrons. The van der Waals surface area contributed by atoms with E-state index in [1.54, 1.807) is 18.2 Å². The van der Waals surface area contributed by atoms with Crippen molar-refractivity contribution in [2.45, 2.75) is 38.0 Å². The third kappa shape index (κ3) is 4.28. The molecule has 1 aromatic carbocycles. The molecule has 1 saturated heterocycles. The fraction of sp³-hybridized carbons (Fsp3) is 0.444. The molecule has 0 amide bonds. The number of hydrogen-bond acceptors (Lipinski definition) is 5. The highest BCUT2D eigenvalue weighted by molar-refractivity contribution is 7.92. The Bertz CT molecular complexity index is 804. The molecule has 0 saturated carbocycles. The monoisotopic (exact) mass is 360 g/mol. The van der Waals surface area contributed by atoms with E-state index in [-0.39, 0.29) is 10.7 Å². The van der Waals surface area contributed by atoms with E-state index in [2.05, 4.69) is 26.7 Å². The van der Waals surface area contributed by atoms with Gasteiger partial charge in [-0.3, -0.25) is 4.72 Å². The number of benzene rings is 1. The summed E-state index contributed by atoms with van der Waals surface area (Å²) in [5.74, 6) is 1.66. The van der Waals surface area contributed by atoms with Gasteiger partial charge in [-0.2, -0.15) is 0 Å². The molecule has 1 aromatic heterocycles. The van der Waals surface area contributed by atoms with Crippen LogP contribution in [-0.4, -0.2) is 31.7 Å². The number of nitrogens with one attached hydrogen (secondary N) is 1. The number of hydrogen-bond donors (Lipinski definition) is 1. The van der Waals surface area contributed by atoms with Crippen LogP contribution in [-0.2, 0) is 16.4 Å². The van der Waals surface area contributed by atoms with Gasteiger partial charge in [-0.15, -0.1) is 10.2 Å². The minimum Gasteiger partial charge on any atom is -0.355 e. The van der Waals surface area contributed by atoms with E-state index in [1.165, 1.54) is 6.42 Å².